The van der Waals surface area contributed by atoms with Gasteiger partial charge in [0, 0.05) is 0 Å². The summed E-state index contributed by atoms with van der Waals surface area (Å²) >= 11 is 0. The number of esters is 1. The van der Waals surface area contributed by atoms with Crippen LogP contribution in [-0.2, 0) is 14.3 Å². The van der Waals surface area contributed by atoms with Crippen molar-refractivity contribution in [1.82, 2.24) is 0 Å². The molecule has 3 atom stereocenters. The molecule has 0 saturated heterocycles. The average molecular weight is 240 g/mol. The van der Waals surface area contributed by atoms with Gasteiger partial charge in [-0.15, -0.1) is 0 Å². The van der Waals surface area contributed by atoms with Crippen LogP contribution in [0, 0.1) is 17.3 Å². The van der Waals surface area contributed by atoms with E-state index in [2.05, 4.69) is 0 Å². The summed E-state index contributed by atoms with van der Waals surface area (Å²) in [6.45, 7) is 4.75. The van der Waals surface area contributed by atoms with Gasteiger partial charge in [0.2, 0.25) is 0 Å². The van der Waals surface area contributed by atoms with Crippen LogP contribution in [0.4, 0.5) is 0 Å². The summed E-state index contributed by atoms with van der Waals surface area (Å²) in [4.78, 5) is 22.9. The minimum atomic E-state index is -1.45. The van der Waals surface area contributed by atoms with Crippen molar-refractivity contribution in [2.45, 2.75) is 52.1 Å². The number of carboxylic acids is 1. The molecule has 1 N–H and O–H groups in total. The predicted molar refractivity (Wildman–Crippen MR) is 61.4 cm³/mol. The smallest absolute Gasteiger partial charge is 0.323 e. The van der Waals surface area contributed by atoms with Gasteiger partial charge in [-0.1, -0.05) is 0 Å². The van der Waals surface area contributed by atoms with Gasteiger partial charge < -0.3 is 9.84 Å². The van der Waals surface area contributed by atoms with Crippen LogP contribution < -0.4 is 0 Å². The number of ether oxygens (including phenoxy) is 1. The first-order chi connectivity index (χ1) is 7.75. The van der Waals surface area contributed by atoms with Crippen molar-refractivity contribution in [3.05, 3.63) is 0 Å². The van der Waals surface area contributed by atoms with Crippen LogP contribution in [0.15, 0.2) is 0 Å². The molecule has 4 nitrogen and oxygen atoms in total. The molecule has 17 heavy (non-hydrogen) atoms. The first kappa shape index (κ1) is 12.4. The third-order valence-corrected chi connectivity index (χ3v) is 4.47. The van der Waals surface area contributed by atoms with Crippen molar-refractivity contribution < 1.29 is 19.4 Å². The monoisotopic (exact) mass is 240 g/mol. The van der Waals surface area contributed by atoms with Gasteiger partial charge in [0.05, 0.1) is 0 Å². The van der Waals surface area contributed by atoms with E-state index in [0.29, 0.717) is 11.8 Å². The Morgan fingerprint density at radius 2 is 2.00 bits per heavy atom. The average Bonchev–Trinajstić information content (AvgIpc) is 2.76. The summed E-state index contributed by atoms with van der Waals surface area (Å²) in [7, 11) is 0. The first-order valence-corrected chi connectivity index (χ1v) is 6.22. The lowest BCUT2D eigenvalue weighted by Crippen LogP contribution is -2.44. The molecule has 2 rings (SSSR count). The summed E-state index contributed by atoms with van der Waals surface area (Å²) in [5, 5.41) is 9.00. The normalized spacial score (nSPS) is 35.9. The molecule has 2 aliphatic rings. The number of carbonyl (C=O) groups excluding carboxylic acids is 1. The first-order valence-electron chi connectivity index (χ1n) is 6.22. The van der Waals surface area contributed by atoms with Crippen molar-refractivity contribution in [3.63, 3.8) is 0 Å². The number of rotatable bonds is 3. The van der Waals surface area contributed by atoms with Gasteiger partial charge in [0.25, 0.3) is 0 Å². The second-order valence-electron chi connectivity index (χ2n) is 6.21. The number of aliphatic carboxylic acids is 1. The summed E-state index contributed by atoms with van der Waals surface area (Å²) in [5.41, 5.74) is -1.89. The lowest BCUT2D eigenvalue weighted by Gasteiger charge is -2.35. The molecule has 2 bridgehead atoms. The highest BCUT2D eigenvalue weighted by Gasteiger charge is 2.52. The van der Waals surface area contributed by atoms with Crippen LogP contribution in [0.2, 0.25) is 0 Å². The number of fused-ring (bicyclic) bond motifs is 2. The molecular formula is C13H20O4. The van der Waals surface area contributed by atoms with Crippen LogP contribution in [0.3, 0.4) is 0 Å². The van der Waals surface area contributed by atoms with E-state index < -0.39 is 23.0 Å². The molecule has 4 heteroatoms. The number of carboxylic acid groups (broad SMARTS) is 1. The Morgan fingerprint density at radius 3 is 2.41 bits per heavy atom. The van der Waals surface area contributed by atoms with Gasteiger partial charge >= 0.3 is 11.9 Å². The Morgan fingerprint density at radius 1 is 1.35 bits per heavy atom. The molecule has 0 aromatic heterocycles. The van der Waals surface area contributed by atoms with E-state index in [1.54, 1.807) is 0 Å². The molecule has 96 valence electrons. The summed E-state index contributed by atoms with van der Waals surface area (Å²) in [5.74, 6) is -0.666. The fraction of sp³-hybridized carbons (Fsp3) is 0.846. The summed E-state index contributed by atoms with van der Waals surface area (Å²) < 4.78 is 5.54. The third-order valence-electron chi connectivity index (χ3n) is 4.47. The van der Waals surface area contributed by atoms with Crippen LogP contribution in [-0.4, -0.2) is 22.6 Å². The minimum Gasteiger partial charge on any atom is -0.480 e. The van der Waals surface area contributed by atoms with E-state index in [1.165, 1.54) is 20.3 Å². The maximum Gasteiger partial charge on any atom is 0.323 e. The highest BCUT2D eigenvalue weighted by molar-refractivity contribution is 5.98. The number of hydrogen-bond donors (Lipinski definition) is 1. The van der Waals surface area contributed by atoms with Crippen molar-refractivity contribution in [2.75, 3.05) is 0 Å². The van der Waals surface area contributed by atoms with Crippen LogP contribution in [0.1, 0.15) is 46.5 Å². The van der Waals surface area contributed by atoms with Gasteiger partial charge in [-0.3, -0.25) is 9.59 Å². The molecule has 0 spiro atoms. The Labute approximate surface area is 101 Å². The van der Waals surface area contributed by atoms with Gasteiger partial charge in [0.1, 0.15) is 5.60 Å². The fourth-order valence-corrected chi connectivity index (χ4v) is 3.11. The fourth-order valence-electron chi connectivity index (χ4n) is 3.11. The van der Waals surface area contributed by atoms with Crippen molar-refractivity contribution in [2.24, 2.45) is 17.3 Å². The second kappa shape index (κ2) is 3.72. The Bertz CT molecular complexity index is 360. The second-order valence-corrected chi connectivity index (χ2v) is 6.21. The van der Waals surface area contributed by atoms with Crippen molar-refractivity contribution in [1.29, 1.82) is 0 Å². The van der Waals surface area contributed by atoms with Gasteiger partial charge in [-0.05, 0) is 58.3 Å². The van der Waals surface area contributed by atoms with E-state index in [0.717, 1.165) is 19.3 Å². The van der Waals surface area contributed by atoms with Crippen molar-refractivity contribution >= 4 is 11.9 Å². The van der Waals surface area contributed by atoms with E-state index in [9.17, 15) is 9.59 Å². The molecule has 0 heterocycles. The van der Waals surface area contributed by atoms with Crippen molar-refractivity contribution in [3.8, 4) is 0 Å². The SMILES string of the molecule is CC(C)(C(=O)O)C(=O)OC1(C)CC2CCC1C2. The van der Waals surface area contributed by atoms with E-state index in [4.69, 9.17) is 9.84 Å². The van der Waals surface area contributed by atoms with Gasteiger partial charge in [0.15, 0.2) is 5.41 Å². The van der Waals surface area contributed by atoms with E-state index >= 15 is 0 Å². The number of carbonyl (C=O) groups is 2. The topological polar surface area (TPSA) is 63.6 Å². The zero-order valence-electron chi connectivity index (χ0n) is 10.7. The van der Waals surface area contributed by atoms with E-state index in [-0.39, 0.29) is 0 Å². The van der Waals surface area contributed by atoms with Gasteiger partial charge in [-0.2, -0.15) is 0 Å². The van der Waals surface area contributed by atoms with E-state index in [1.807, 2.05) is 6.92 Å². The Balaban J connectivity index is 2.07. The van der Waals surface area contributed by atoms with Crippen LogP contribution >= 0.6 is 0 Å². The molecule has 0 aliphatic heterocycles. The van der Waals surface area contributed by atoms with Crippen LogP contribution in [0.5, 0.6) is 0 Å². The molecule has 2 saturated carbocycles. The standard InChI is InChI=1S/C13H20O4/c1-12(2,10(14)15)11(16)17-13(3)7-8-4-5-9(13)6-8/h8-9H,4-7H2,1-3H3,(H,14,15). The highest BCUT2D eigenvalue weighted by atomic mass is 16.6. The summed E-state index contributed by atoms with van der Waals surface area (Å²) in [6.07, 6.45) is 4.33. The maximum atomic E-state index is 11.9. The largest absolute Gasteiger partial charge is 0.480 e. The summed E-state index contributed by atoms with van der Waals surface area (Å²) in [6, 6.07) is 0. The van der Waals surface area contributed by atoms with Gasteiger partial charge in [-0.25, -0.2) is 0 Å². The number of hydrogen-bond acceptors (Lipinski definition) is 3. The predicted octanol–water partition coefficient (Wildman–Crippen LogP) is 2.22. The molecule has 0 radical (unpaired) electrons. The molecule has 0 aromatic rings. The molecule has 2 aliphatic carbocycles. The van der Waals surface area contributed by atoms with Crippen LogP contribution in [0.25, 0.3) is 0 Å². The highest BCUT2D eigenvalue weighted by Crippen LogP contribution is 2.52. The Kier molecular flexibility index (Phi) is 2.71. The Hall–Kier alpha value is -1.06. The zero-order chi connectivity index (χ0) is 12.8. The third kappa shape index (κ3) is 1.94. The quantitative estimate of drug-likeness (QED) is 0.607. The lowest BCUT2D eigenvalue weighted by atomic mass is 9.85. The minimum absolute atomic E-state index is 0.418. The molecule has 3 unspecified atom stereocenters. The molecule has 2 fully saturated rings. The molecule has 0 aromatic carbocycles. The molecular weight excluding hydrogens is 220 g/mol. The zero-order valence-corrected chi connectivity index (χ0v) is 10.7. The molecule has 0 amide bonds. The maximum absolute atomic E-state index is 11.9. The lowest BCUT2D eigenvalue weighted by molar-refractivity contribution is -0.180.